The van der Waals surface area contributed by atoms with Crippen LogP contribution in [-0.4, -0.2) is 41.9 Å². The van der Waals surface area contributed by atoms with Crippen molar-refractivity contribution < 1.29 is 14.1 Å². The lowest BCUT2D eigenvalue weighted by Gasteiger charge is -2.35. The number of carbonyl (C=O) groups is 1. The van der Waals surface area contributed by atoms with Gasteiger partial charge in [-0.15, -0.1) is 0 Å². The van der Waals surface area contributed by atoms with Crippen molar-refractivity contribution in [2.45, 2.75) is 6.54 Å². The quantitative estimate of drug-likeness (QED) is 0.342. The van der Waals surface area contributed by atoms with Crippen LogP contribution >= 0.6 is 0 Å². The number of furan rings is 1. The predicted octanol–water partition coefficient (Wildman–Crippen LogP) is 4.16. The van der Waals surface area contributed by atoms with Gasteiger partial charge in [0.1, 0.15) is 11.4 Å². The first-order chi connectivity index (χ1) is 15.6. The average Bonchev–Trinajstić information content (AvgIpc) is 3.35. The van der Waals surface area contributed by atoms with Gasteiger partial charge in [-0.1, -0.05) is 30.3 Å². The van der Waals surface area contributed by atoms with Crippen molar-refractivity contribution in [1.29, 1.82) is 0 Å². The molecule has 2 aromatic carbocycles. The van der Waals surface area contributed by atoms with Crippen LogP contribution in [-0.2, 0) is 11.3 Å². The lowest BCUT2D eigenvalue weighted by atomic mass is 10.2. The van der Waals surface area contributed by atoms with Crippen LogP contribution < -0.4 is 10.2 Å². The summed E-state index contributed by atoms with van der Waals surface area (Å²) in [6, 6.07) is 18.4. The Hall–Kier alpha value is -4.07. The maximum absolute atomic E-state index is 12.5. The second-order valence-electron chi connectivity index (χ2n) is 7.45. The SMILES string of the molecule is O=C(C=Cc1ccccc1)N1CCN(c2ccc([N+](=O)[O-])c(NCc3ccco3)c2)CC1. The third-order valence-corrected chi connectivity index (χ3v) is 5.38. The zero-order valence-corrected chi connectivity index (χ0v) is 17.5. The fourth-order valence-corrected chi connectivity index (χ4v) is 3.64. The van der Waals surface area contributed by atoms with E-state index < -0.39 is 4.92 Å². The zero-order valence-electron chi connectivity index (χ0n) is 17.5. The topological polar surface area (TPSA) is 91.9 Å². The molecule has 0 atom stereocenters. The summed E-state index contributed by atoms with van der Waals surface area (Å²) in [5.74, 6) is 0.679. The fourth-order valence-electron chi connectivity index (χ4n) is 3.64. The number of piperazine rings is 1. The van der Waals surface area contributed by atoms with E-state index in [4.69, 9.17) is 4.42 Å². The van der Waals surface area contributed by atoms with Crippen molar-refractivity contribution in [1.82, 2.24) is 4.90 Å². The number of rotatable bonds is 7. The highest BCUT2D eigenvalue weighted by Crippen LogP contribution is 2.30. The van der Waals surface area contributed by atoms with Crippen LogP contribution in [0.1, 0.15) is 11.3 Å². The fraction of sp³-hybridized carbons (Fsp3) is 0.208. The summed E-state index contributed by atoms with van der Waals surface area (Å²) < 4.78 is 5.30. The molecule has 1 amide bonds. The van der Waals surface area contributed by atoms with E-state index in [0.717, 1.165) is 11.3 Å². The summed E-state index contributed by atoms with van der Waals surface area (Å²) >= 11 is 0. The first-order valence-corrected chi connectivity index (χ1v) is 10.4. The molecule has 1 aliphatic rings. The van der Waals surface area contributed by atoms with Gasteiger partial charge < -0.3 is 19.5 Å². The molecule has 164 valence electrons. The molecular weight excluding hydrogens is 408 g/mol. The van der Waals surface area contributed by atoms with Gasteiger partial charge in [-0.3, -0.25) is 14.9 Å². The molecule has 0 radical (unpaired) electrons. The van der Waals surface area contributed by atoms with Crippen LogP contribution in [0.25, 0.3) is 6.08 Å². The summed E-state index contributed by atoms with van der Waals surface area (Å²) in [7, 11) is 0. The van der Waals surface area contributed by atoms with Crippen LogP contribution in [0.2, 0.25) is 0 Å². The highest BCUT2D eigenvalue weighted by molar-refractivity contribution is 5.92. The van der Waals surface area contributed by atoms with Crippen molar-refractivity contribution in [3.05, 3.63) is 94.4 Å². The second-order valence-corrected chi connectivity index (χ2v) is 7.45. The molecule has 1 saturated heterocycles. The maximum Gasteiger partial charge on any atom is 0.292 e. The van der Waals surface area contributed by atoms with Crippen LogP contribution in [0.3, 0.4) is 0 Å². The van der Waals surface area contributed by atoms with Gasteiger partial charge in [0.2, 0.25) is 5.91 Å². The summed E-state index contributed by atoms with van der Waals surface area (Å²) in [5, 5.41) is 14.5. The minimum atomic E-state index is -0.399. The lowest BCUT2D eigenvalue weighted by Crippen LogP contribution is -2.48. The molecule has 8 heteroatoms. The van der Waals surface area contributed by atoms with Crippen LogP contribution in [0, 0.1) is 10.1 Å². The smallest absolute Gasteiger partial charge is 0.292 e. The molecule has 1 fully saturated rings. The van der Waals surface area contributed by atoms with E-state index in [1.165, 1.54) is 6.07 Å². The van der Waals surface area contributed by atoms with Crippen LogP contribution in [0.4, 0.5) is 17.1 Å². The average molecular weight is 432 g/mol. The monoisotopic (exact) mass is 432 g/mol. The van der Waals surface area contributed by atoms with E-state index in [1.54, 1.807) is 30.5 Å². The zero-order chi connectivity index (χ0) is 22.3. The van der Waals surface area contributed by atoms with Crippen molar-refractivity contribution in [2.24, 2.45) is 0 Å². The Morgan fingerprint density at radius 1 is 1.06 bits per heavy atom. The van der Waals surface area contributed by atoms with Gasteiger partial charge in [0.15, 0.2) is 0 Å². The minimum Gasteiger partial charge on any atom is -0.467 e. The minimum absolute atomic E-state index is 0.0140. The van der Waals surface area contributed by atoms with Gasteiger partial charge in [-0.2, -0.15) is 0 Å². The second kappa shape index (κ2) is 9.82. The van der Waals surface area contributed by atoms with E-state index in [9.17, 15) is 14.9 Å². The molecular formula is C24H24N4O4. The van der Waals surface area contributed by atoms with E-state index in [1.807, 2.05) is 47.4 Å². The van der Waals surface area contributed by atoms with Gasteiger partial charge in [-0.05, 0) is 35.9 Å². The molecule has 1 N–H and O–H groups in total. The Morgan fingerprint density at radius 3 is 2.53 bits per heavy atom. The van der Waals surface area contributed by atoms with E-state index in [2.05, 4.69) is 10.2 Å². The van der Waals surface area contributed by atoms with Crippen molar-refractivity contribution >= 4 is 29.0 Å². The van der Waals surface area contributed by atoms with Crippen molar-refractivity contribution in [3.63, 3.8) is 0 Å². The number of nitro groups is 1. The number of nitrogens with zero attached hydrogens (tertiary/aromatic N) is 3. The number of carbonyl (C=O) groups excluding carboxylic acids is 1. The van der Waals surface area contributed by atoms with Gasteiger partial charge in [0.05, 0.1) is 17.7 Å². The number of anilines is 2. The number of nitrogens with one attached hydrogen (secondary N) is 1. The summed E-state index contributed by atoms with van der Waals surface area (Å²) in [6.07, 6.45) is 4.99. The molecule has 3 aromatic rings. The largest absolute Gasteiger partial charge is 0.467 e. The summed E-state index contributed by atoms with van der Waals surface area (Å²) in [4.78, 5) is 27.5. The molecule has 0 bridgehead atoms. The third kappa shape index (κ3) is 5.15. The lowest BCUT2D eigenvalue weighted by molar-refractivity contribution is -0.384. The maximum atomic E-state index is 12.5. The molecule has 0 saturated carbocycles. The van der Waals surface area contributed by atoms with Gasteiger partial charge in [0.25, 0.3) is 5.69 Å². The van der Waals surface area contributed by atoms with E-state index in [0.29, 0.717) is 44.2 Å². The number of amides is 1. The number of nitro benzene ring substituents is 1. The molecule has 32 heavy (non-hydrogen) atoms. The molecule has 1 aromatic heterocycles. The normalized spacial score (nSPS) is 14.0. The van der Waals surface area contributed by atoms with Gasteiger partial charge in [0, 0.05) is 44.0 Å². The summed E-state index contributed by atoms with van der Waals surface area (Å²) in [6.45, 7) is 2.84. The molecule has 1 aliphatic heterocycles. The van der Waals surface area contributed by atoms with E-state index in [-0.39, 0.29) is 11.6 Å². The van der Waals surface area contributed by atoms with E-state index >= 15 is 0 Å². The number of hydrogen-bond donors (Lipinski definition) is 1. The molecule has 8 nitrogen and oxygen atoms in total. The molecule has 0 unspecified atom stereocenters. The van der Waals surface area contributed by atoms with Crippen molar-refractivity contribution in [3.8, 4) is 0 Å². The third-order valence-electron chi connectivity index (χ3n) is 5.38. The van der Waals surface area contributed by atoms with Crippen LogP contribution in [0.5, 0.6) is 0 Å². The molecule has 4 rings (SSSR count). The predicted molar refractivity (Wildman–Crippen MR) is 123 cm³/mol. The standard InChI is InChI=1S/C24H24N4O4/c29-24(11-8-19-5-2-1-3-6-19)27-14-12-26(13-15-27)20-9-10-23(28(30)31)22(17-20)25-18-21-7-4-16-32-21/h1-11,16-17,25H,12-15,18H2. The van der Waals surface area contributed by atoms with Crippen molar-refractivity contribution in [2.75, 3.05) is 36.4 Å². The Labute approximate surface area is 185 Å². The summed E-state index contributed by atoms with van der Waals surface area (Å²) in [5.41, 5.74) is 2.32. The Balaban J connectivity index is 1.39. The first-order valence-electron chi connectivity index (χ1n) is 10.4. The number of benzene rings is 2. The Kier molecular flexibility index (Phi) is 6.50. The first kappa shape index (κ1) is 21.2. The Morgan fingerprint density at radius 2 is 1.84 bits per heavy atom. The molecule has 2 heterocycles. The van der Waals surface area contributed by atoms with Gasteiger partial charge >= 0.3 is 0 Å². The number of hydrogen-bond acceptors (Lipinski definition) is 6. The van der Waals surface area contributed by atoms with Gasteiger partial charge in [-0.25, -0.2) is 0 Å². The molecule has 0 aliphatic carbocycles. The highest BCUT2D eigenvalue weighted by Gasteiger charge is 2.22. The highest BCUT2D eigenvalue weighted by atomic mass is 16.6. The molecule has 0 spiro atoms. The van der Waals surface area contributed by atoms with Crippen LogP contribution in [0.15, 0.2) is 77.4 Å². The Bertz CT molecular complexity index is 1090.